The van der Waals surface area contributed by atoms with Gasteiger partial charge in [-0.3, -0.25) is 48.8 Å². The lowest BCUT2D eigenvalue weighted by Crippen LogP contribution is -2.54. The number of carbonyl (C=O) groups is 7. The number of nitrogens with one attached hydrogen (secondary N) is 4. The number of pyridine rings is 1. The Balaban J connectivity index is 0.886. The van der Waals surface area contributed by atoms with E-state index in [1.54, 1.807) is 30.8 Å². The van der Waals surface area contributed by atoms with Crippen molar-refractivity contribution in [3.63, 3.8) is 0 Å². The maximum absolute atomic E-state index is 13.3. The van der Waals surface area contributed by atoms with Gasteiger partial charge in [-0.05, 0) is 67.6 Å². The molecule has 0 spiro atoms. The molecule has 6 amide bonds. The Bertz CT molecular complexity index is 2430. The minimum Gasteiger partial charge on any atom is -0.356 e. The molecule has 0 aliphatic carbocycles. The fourth-order valence-electron chi connectivity index (χ4n) is 7.04. The SMILES string of the molecule is CNC(=O)c1cnc2ccc(-c3nc(C(=O)CCCCCNC(=O)CCc4cccc5c4C(=O)N(C4CCC(=O)NC4=O)C5=O)cs3)cc2c1Nc1ccccc1. The second kappa shape index (κ2) is 17.0. The second-order valence-corrected chi connectivity index (χ2v) is 14.6. The van der Waals surface area contributed by atoms with Gasteiger partial charge < -0.3 is 16.0 Å². The molecule has 4 N–H and O–H groups in total. The second-order valence-electron chi connectivity index (χ2n) is 13.8. The minimum atomic E-state index is -1.06. The third kappa shape index (κ3) is 8.33. The van der Waals surface area contributed by atoms with Gasteiger partial charge >= 0.3 is 0 Å². The first-order valence-corrected chi connectivity index (χ1v) is 19.6. The van der Waals surface area contributed by atoms with E-state index in [0.29, 0.717) is 65.3 Å². The molecule has 7 rings (SSSR count). The number of benzene rings is 3. The van der Waals surface area contributed by atoms with Gasteiger partial charge in [0.05, 0.1) is 27.9 Å². The molecule has 2 aliphatic rings. The van der Waals surface area contributed by atoms with Crippen molar-refractivity contribution in [2.45, 2.75) is 57.4 Å². The molecule has 15 heteroatoms. The first-order chi connectivity index (χ1) is 27.6. The molecular weight excluding hydrogens is 747 g/mol. The maximum Gasteiger partial charge on any atom is 0.262 e. The zero-order valence-corrected chi connectivity index (χ0v) is 31.9. The smallest absolute Gasteiger partial charge is 0.262 e. The number of anilines is 2. The summed E-state index contributed by atoms with van der Waals surface area (Å²) >= 11 is 1.37. The number of hydrogen-bond acceptors (Lipinski definition) is 11. The molecule has 1 unspecified atom stereocenters. The van der Waals surface area contributed by atoms with E-state index in [1.165, 1.54) is 17.4 Å². The van der Waals surface area contributed by atoms with E-state index in [0.717, 1.165) is 21.5 Å². The normalized spacial score (nSPS) is 15.0. The Hall–Kier alpha value is -6.61. The Kier molecular flexibility index (Phi) is 11.6. The molecule has 5 aromatic rings. The third-order valence-corrected chi connectivity index (χ3v) is 10.9. The molecule has 290 valence electrons. The quantitative estimate of drug-likeness (QED) is 0.0610. The Labute approximate surface area is 331 Å². The number of para-hydroxylation sites is 1. The van der Waals surface area contributed by atoms with Crippen molar-refractivity contribution < 1.29 is 33.6 Å². The van der Waals surface area contributed by atoms with Crippen LogP contribution in [0.5, 0.6) is 0 Å². The van der Waals surface area contributed by atoms with Gasteiger partial charge in [-0.15, -0.1) is 11.3 Å². The Morgan fingerprint density at radius 3 is 2.54 bits per heavy atom. The summed E-state index contributed by atoms with van der Waals surface area (Å²) in [4.78, 5) is 99.0. The summed E-state index contributed by atoms with van der Waals surface area (Å²) in [5, 5.41) is 14.3. The average Bonchev–Trinajstić information content (AvgIpc) is 3.81. The minimum absolute atomic E-state index is 0.0328. The summed E-state index contributed by atoms with van der Waals surface area (Å²) in [6, 6.07) is 19.0. The molecular formula is C42H39N7O7S. The summed E-state index contributed by atoms with van der Waals surface area (Å²) in [5.41, 5.74) is 4.61. The molecule has 57 heavy (non-hydrogen) atoms. The highest BCUT2D eigenvalue weighted by molar-refractivity contribution is 7.13. The van der Waals surface area contributed by atoms with Crippen LogP contribution >= 0.6 is 11.3 Å². The molecule has 0 radical (unpaired) electrons. The van der Waals surface area contributed by atoms with Crippen LogP contribution in [0.15, 0.2) is 78.3 Å². The van der Waals surface area contributed by atoms with Crippen molar-refractivity contribution in [3.8, 4) is 10.6 Å². The predicted octanol–water partition coefficient (Wildman–Crippen LogP) is 5.35. The number of ketones is 1. The van der Waals surface area contributed by atoms with Gasteiger partial charge in [-0.2, -0.15) is 0 Å². The van der Waals surface area contributed by atoms with Gasteiger partial charge in [0.15, 0.2) is 5.78 Å². The first kappa shape index (κ1) is 38.7. The van der Waals surface area contributed by atoms with Crippen molar-refractivity contribution in [1.82, 2.24) is 30.8 Å². The number of nitrogens with zero attached hydrogens (tertiary/aromatic N) is 3. The van der Waals surface area contributed by atoms with Crippen molar-refractivity contribution >= 4 is 74.8 Å². The fraction of sp³-hybridized carbons (Fsp3) is 0.262. The van der Waals surface area contributed by atoms with E-state index in [2.05, 4.69) is 31.2 Å². The molecule has 0 bridgehead atoms. The summed E-state index contributed by atoms with van der Waals surface area (Å²) < 4.78 is 0. The molecule has 2 aromatic heterocycles. The van der Waals surface area contributed by atoms with Gasteiger partial charge in [0.1, 0.15) is 16.7 Å². The van der Waals surface area contributed by atoms with Crippen LogP contribution in [0.2, 0.25) is 0 Å². The van der Waals surface area contributed by atoms with Gasteiger partial charge in [0.25, 0.3) is 17.7 Å². The summed E-state index contributed by atoms with van der Waals surface area (Å²) in [6.07, 6.45) is 4.27. The number of imide groups is 2. The van der Waals surface area contributed by atoms with Crippen LogP contribution in [-0.2, 0) is 20.8 Å². The first-order valence-electron chi connectivity index (χ1n) is 18.7. The number of Topliss-reactive ketones (excluding diaryl/α,β-unsaturated/α-hetero) is 1. The third-order valence-electron chi connectivity index (χ3n) is 10.00. The zero-order chi connectivity index (χ0) is 40.1. The summed E-state index contributed by atoms with van der Waals surface area (Å²) in [7, 11) is 1.57. The summed E-state index contributed by atoms with van der Waals surface area (Å²) in [6.45, 7) is 0.418. The van der Waals surface area contributed by atoms with Gasteiger partial charge in [-0.25, -0.2) is 4.98 Å². The molecule has 3 aromatic carbocycles. The topological polar surface area (TPSA) is 197 Å². The van der Waals surface area contributed by atoms with E-state index in [-0.39, 0.29) is 54.4 Å². The number of piperidine rings is 1. The van der Waals surface area contributed by atoms with Crippen LogP contribution in [-0.4, -0.2) is 75.7 Å². The van der Waals surface area contributed by atoms with Crippen molar-refractivity contribution in [2.24, 2.45) is 0 Å². The molecule has 0 saturated carbocycles. The van der Waals surface area contributed by atoms with Gasteiger partial charge in [0.2, 0.25) is 17.7 Å². The van der Waals surface area contributed by atoms with E-state index < -0.39 is 29.7 Å². The highest BCUT2D eigenvalue weighted by Gasteiger charge is 2.45. The molecule has 14 nitrogen and oxygen atoms in total. The number of carbonyl (C=O) groups excluding carboxylic acids is 7. The highest BCUT2D eigenvalue weighted by Crippen LogP contribution is 2.34. The molecule has 1 atom stereocenters. The number of rotatable bonds is 15. The number of aromatic nitrogens is 2. The van der Waals surface area contributed by atoms with E-state index >= 15 is 0 Å². The number of fused-ring (bicyclic) bond motifs is 2. The maximum atomic E-state index is 13.3. The average molecular weight is 786 g/mol. The van der Waals surface area contributed by atoms with Crippen molar-refractivity contribution in [2.75, 3.05) is 18.9 Å². The molecule has 4 heterocycles. The van der Waals surface area contributed by atoms with Crippen LogP contribution in [0, 0.1) is 0 Å². The predicted molar refractivity (Wildman–Crippen MR) is 213 cm³/mol. The van der Waals surface area contributed by atoms with Crippen LogP contribution in [0.4, 0.5) is 11.4 Å². The number of thiazole rings is 1. The van der Waals surface area contributed by atoms with Crippen LogP contribution in [0.1, 0.15) is 92.1 Å². The van der Waals surface area contributed by atoms with Crippen molar-refractivity contribution in [3.05, 3.63) is 106 Å². The molecule has 2 aliphatic heterocycles. The van der Waals surface area contributed by atoms with Crippen LogP contribution in [0.3, 0.4) is 0 Å². The number of amides is 6. The van der Waals surface area contributed by atoms with Crippen LogP contribution in [0.25, 0.3) is 21.5 Å². The largest absolute Gasteiger partial charge is 0.356 e. The Morgan fingerprint density at radius 1 is 0.930 bits per heavy atom. The van der Waals surface area contributed by atoms with Crippen molar-refractivity contribution in [1.29, 1.82) is 0 Å². The standard InChI is InChI=1S/C42H39N7O7S/c1-43-38(53)29-22-45-30-16-14-25(21-28(30)37(29)46-26-10-4-2-5-11-26)40-47-31(23-57-40)33(50)13-6-3-7-20-44-34(51)18-15-24-9-8-12-27-36(24)42(56)49(41(27)55)32-17-19-35(52)48-39(32)54/h2,4-5,8-12,14,16,21-23,32H,3,6-7,13,15,17-20H2,1H3,(H,43,53)(H,44,51)(H,45,46)(H,48,52,54). The number of aryl methyl sites for hydroxylation is 1. The lowest BCUT2D eigenvalue weighted by Gasteiger charge is -2.27. The fourth-order valence-corrected chi connectivity index (χ4v) is 7.86. The number of unbranched alkanes of at least 4 members (excludes halogenated alkanes) is 2. The zero-order valence-electron chi connectivity index (χ0n) is 31.1. The van der Waals surface area contributed by atoms with Gasteiger partial charge in [-0.1, -0.05) is 36.8 Å². The Morgan fingerprint density at radius 2 is 1.75 bits per heavy atom. The monoisotopic (exact) mass is 785 g/mol. The molecule has 1 fully saturated rings. The lowest BCUT2D eigenvalue weighted by molar-refractivity contribution is -0.136. The van der Waals surface area contributed by atoms with E-state index in [4.69, 9.17) is 0 Å². The van der Waals surface area contributed by atoms with E-state index in [9.17, 15) is 33.6 Å². The van der Waals surface area contributed by atoms with E-state index in [1.807, 2.05) is 48.5 Å². The lowest BCUT2D eigenvalue weighted by atomic mass is 9.99. The van der Waals surface area contributed by atoms with Gasteiger partial charge in [0, 0.05) is 61.1 Å². The highest BCUT2D eigenvalue weighted by atomic mass is 32.1. The van der Waals surface area contributed by atoms with Crippen LogP contribution < -0.4 is 21.3 Å². The molecule has 1 saturated heterocycles. The number of hydrogen-bond donors (Lipinski definition) is 4. The summed E-state index contributed by atoms with van der Waals surface area (Å²) in [5.74, 6) is -2.86.